The molecule has 2 aliphatic rings. The molecule has 144 valence electrons. The average Bonchev–Trinajstić information content (AvgIpc) is 3.11. The summed E-state index contributed by atoms with van der Waals surface area (Å²) in [7, 11) is 0. The van der Waals surface area contributed by atoms with Gasteiger partial charge in [0, 0.05) is 32.6 Å². The van der Waals surface area contributed by atoms with Crippen LogP contribution in [0, 0.1) is 5.92 Å². The molecule has 1 aromatic heterocycles. The number of rotatable bonds is 5. The zero-order valence-corrected chi connectivity index (χ0v) is 16.0. The molecule has 1 fully saturated rings. The molecule has 2 aromatic rings. The highest BCUT2D eigenvalue weighted by atomic mass is 16.5. The van der Waals surface area contributed by atoms with E-state index < -0.39 is 0 Å². The van der Waals surface area contributed by atoms with Crippen molar-refractivity contribution in [2.24, 2.45) is 5.92 Å². The first-order valence-electron chi connectivity index (χ1n) is 10.0. The molecular formula is C21H28N4O2. The Morgan fingerprint density at radius 1 is 1.15 bits per heavy atom. The van der Waals surface area contributed by atoms with Gasteiger partial charge in [-0.3, -0.25) is 4.79 Å². The second-order valence-electron chi connectivity index (χ2n) is 7.77. The Kier molecular flexibility index (Phi) is 5.53. The normalized spacial score (nSPS) is 20.5. The maximum absolute atomic E-state index is 12.8. The average molecular weight is 368 g/mol. The van der Waals surface area contributed by atoms with Gasteiger partial charge in [0.15, 0.2) is 5.82 Å². The van der Waals surface area contributed by atoms with Crippen LogP contribution in [0.5, 0.6) is 0 Å². The monoisotopic (exact) mass is 368 g/mol. The van der Waals surface area contributed by atoms with Crippen LogP contribution in [0.3, 0.4) is 0 Å². The van der Waals surface area contributed by atoms with Crippen LogP contribution in [0.1, 0.15) is 49.4 Å². The first kappa shape index (κ1) is 18.2. The topological polar surface area (TPSA) is 60.3 Å². The summed E-state index contributed by atoms with van der Waals surface area (Å²) in [5, 5.41) is 8.83. The molecular weight excluding hydrogens is 340 g/mol. The van der Waals surface area contributed by atoms with Crippen LogP contribution >= 0.6 is 0 Å². The van der Waals surface area contributed by atoms with Gasteiger partial charge in [0.05, 0.1) is 12.6 Å². The number of aryl methyl sites for hydroxylation is 2. The third-order valence-electron chi connectivity index (χ3n) is 5.73. The highest BCUT2D eigenvalue weighted by molar-refractivity contribution is 5.76. The zero-order valence-electron chi connectivity index (χ0n) is 16.0. The summed E-state index contributed by atoms with van der Waals surface area (Å²) in [5.74, 6) is 2.65. The summed E-state index contributed by atoms with van der Waals surface area (Å²) < 4.78 is 7.64. The van der Waals surface area contributed by atoms with Crippen molar-refractivity contribution in [2.75, 3.05) is 19.8 Å². The first-order chi connectivity index (χ1) is 13.2. The van der Waals surface area contributed by atoms with E-state index in [0.717, 1.165) is 57.1 Å². The van der Waals surface area contributed by atoms with Gasteiger partial charge in [-0.2, -0.15) is 0 Å². The summed E-state index contributed by atoms with van der Waals surface area (Å²) in [4.78, 5) is 14.7. The SMILES string of the molecule is C[C@H]1CN(C(=O)CC2CCOCC2)Cc2nnc(CCc3ccccc3)n21. The van der Waals surface area contributed by atoms with Gasteiger partial charge in [0.25, 0.3) is 0 Å². The number of benzene rings is 1. The molecule has 3 heterocycles. The van der Waals surface area contributed by atoms with Gasteiger partial charge in [-0.1, -0.05) is 30.3 Å². The zero-order chi connectivity index (χ0) is 18.6. The first-order valence-corrected chi connectivity index (χ1v) is 10.0. The van der Waals surface area contributed by atoms with E-state index in [0.29, 0.717) is 18.9 Å². The summed E-state index contributed by atoms with van der Waals surface area (Å²) in [5.41, 5.74) is 1.31. The number of fused-ring (bicyclic) bond motifs is 1. The molecule has 0 spiro atoms. The van der Waals surface area contributed by atoms with E-state index in [9.17, 15) is 4.79 Å². The summed E-state index contributed by atoms with van der Waals surface area (Å²) in [6.45, 7) is 5.05. The maximum atomic E-state index is 12.8. The highest BCUT2D eigenvalue weighted by Crippen LogP contribution is 2.25. The quantitative estimate of drug-likeness (QED) is 0.814. The molecule has 0 radical (unpaired) electrons. The lowest BCUT2D eigenvalue weighted by Crippen LogP contribution is -2.41. The summed E-state index contributed by atoms with van der Waals surface area (Å²) in [6.07, 6.45) is 4.45. The van der Waals surface area contributed by atoms with E-state index in [4.69, 9.17) is 4.74 Å². The van der Waals surface area contributed by atoms with Crippen LogP contribution in [0.25, 0.3) is 0 Å². The molecule has 1 atom stereocenters. The number of amides is 1. The van der Waals surface area contributed by atoms with Crippen LogP contribution in [-0.2, 0) is 28.9 Å². The smallest absolute Gasteiger partial charge is 0.223 e. The number of aromatic nitrogens is 3. The molecule has 0 unspecified atom stereocenters. The van der Waals surface area contributed by atoms with Crippen molar-refractivity contribution < 1.29 is 9.53 Å². The summed E-state index contributed by atoms with van der Waals surface area (Å²) >= 11 is 0. The second-order valence-corrected chi connectivity index (χ2v) is 7.77. The van der Waals surface area contributed by atoms with Crippen molar-refractivity contribution in [1.82, 2.24) is 19.7 Å². The Labute approximate surface area is 160 Å². The van der Waals surface area contributed by atoms with Gasteiger partial charge in [0.1, 0.15) is 5.82 Å². The Morgan fingerprint density at radius 2 is 1.93 bits per heavy atom. The van der Waals surface area contributed by atoms with E-state index in [1.54, 1.807) is 0 Å². The van der Waals surface area contributed by atoms with Crippen LogP contribution in [0.4, 0.5) is 0 Å². The number of hydrogen-bond acceptors (Lipinski definition) is 4. The van der Waals surface area contributed by atoms with E-state index in [1.165, 1.54) is 5.56 Å². The molecule has 6 nitrogen and oxygen atoms in total. The van der Waals surface area contributed by atoms with Crippen molar-refractivity contribution >= 4 is 5.91 Å². The lowest BCUT2D eigenvalue weighted by atomic mass is 9.95. The number of nitrogens with zero attached hydrogens (tertiary/aromatic N) is 4. The third-order valence-corrected chi connectivity index (χ3v) is 5.73. The molecule has 2 aliphatic heterocycles. The maximum Gasteiger partial charge on any atom is 0.223 e. The fraction of sp³-hybridized carbons (Fsp3) is 0.571. The molecule has 1 amide bonds. The fourth-order valence-electron chi connectivity index (χ4n) is 4.20. The molecule has 1 saturated heterocycles. The molecule has 0 aliphatic carbocycles. The van der Waals surface area contributed by atoms with Gasteiger partial charge in [-0.05, 0) is 37.7 Å². The van der Waals surface area contributed by atoms with Crippen molar-refractivity contribution in [3.05, 3.63) is 47.5 Å². The van der Waals surface area contributed by atoms with Gasteiger partial charge in [-0.15, -0.1) is 10.2 Å². The Hall–Kier alpha value is -2.21. The Balaban J connectivity index is 1.39. The molecule has 0 bridgehead atoms. The standard InChI is InChI=1S/C21H28N4O2/c1-16-14-24(21(26)13-18-9-11-27-12-10-18)15-20-23-22-19(25(16)20)8-7-17-5-3-2-4-6-17/h2-6,16,18H,7-15H2,1H3/t16-/m0/s1. The Morgan fingerprint density at radius 3 is 2.70 bits per heavy atom. The predicted molar refractivity (Wildman–Crippen MR) is 102 cm³/mol. The Bertz CT molecular complexity index is 768. The van der Waals surface area contributed by atoms with E-state index in [1.807, 2.05) is 11.0 Å². The minimum atomic E-state index is 0.216. The number of carbonyl (C=O) groups excluding carboxylic acids is 1. The fourth-order valence-corrected chi connectivity index (χ4v) is 4.20. The van der Waals surface area contributed by atoms with Gasteiger partial charge in [0.2, 0.25) is 5.91 Å². The minimum Gasteiger partial charge on any atom is -0.381 e. The van der Waals surface area contributed by atoms with Gasteiger partial charge in [-0.25, -0.2) is 0 Å². The second kappa shape index (κ2) is 8.21. The van der Waals surface area contributed by atoms with Gasteiger partial charge >= 0.3 is 0 Å². The van der Waals surface area contributed by atoms with Crippen molar-refractivity contribution in [2.45, 2.75) is 51.6 Å². The van der Waals surface area contributed by atoms with Crippen LogP contribution in [0.15, 0.2) is 30.3 Å². The summed E-state index contributed by atoms with van der Waals surface area (Å²) in [6, 6.07) is 10.7. The largest absolute Gasteiger partial charge is 0.381 e. The van der Waals surface area contributed by atoms with Crippen LogP contribution < -0.4 is 0 Å². The minimum absolute atomic E-state index is 0.216. The van der Waals surface area contributed by atoms with E-state index >= 15 is 0 Å². The highest BCUT2D eigenvalue weighted by Gasteiger charge is 2.30. The van der Waals surface area contributed by atoms with Crippen molar-refractivity contribution in [3.8, 4) is 0 Å². The molecule has 6 heteroatoms. The van der Waals surface area contributed by atoms with Crippen molar-refractivity contribution in [3.63, 3.8) is 0 Å². The predicted octanol–water partition coefficient (Wildman–Crippen LogP) is 2.78. The molecule has 0 saturated carbocycles. The van der Waals surface area contributed by atoms with Crippen LogP contribution in [0.2, 0.25) is 0 Å². The number of ether oxygens (including phenoxy) is 1. The molecule has 27 heavy (non-hydrogen) atoms. The lowest BCUT2D eigenvalue weighted by molar-refractivity contribution is -0.135. The van der Waals surface area contributed by atoms with Crippen molar-refractivity contribution in [1.29, 1.82) is 0 Å². The van der Waals surface area contributed by atoms with E-state index in [2.05, 4.69) is 46.0 Å². The van der Waals surface area contributed by atoms with Gasteiger partial charge < -0.3 is 14.2 Å². The molecule has 4 rings (SSSR count). The van der Waals surface area contributed by atoms with E-state index in [-0.39, 0.29) is 11.9 Å². The third kappa shape index (κ3) is 4.21. The van der Waals surface area contributed by atoms with Crippen LogP contribution in [-0.4, -0.2) is 45.3 Å². The number of hydrogen-bond donors (Lipinski definition) is 0. The number of carbonyl (C=O) groups is 1. The molecule has 0 N–H and O–H groups in total. The lowest BCUT2D eigenvalue weighted by Gasteiger charge is -2.34. The molecule has 1 aromatic carbocycles.